The van der Waals surface area contributed by atoms with Crippen molar-refractivity contribution in [1.29, 1.82) is 0 Å². The zero-order valence-corrected chi connectivity index (χ0v) is 15.2. The molecule has 1 amide bonds. The van der Waals surface area contributed by atoms with Crippen molar-refractivity contribution in [3.8, 4) is 0 Å². The number of rotatable bonds is 4. The second kappa shape index (κ2) is 7.03. The number of amides is 1. The number of nitrogens with one attached hydrogen (secondary N) is 1. The molecule has 2 aromatic heterocycles. The highest BCUT2D eigenvalue weighted by molar-refractivity contribution is 7.15. The number of thiazole rings is 1. The number of carbonyl (C=O) groups excluding carboxylic acids is 1. The van der Waals surface area contributed by atoms with Gasteiger partial charge in [0.15, 0.2) is 5.13 Å². The van der Waals surface area contributed by atoms with Crippen LogP contribution in [-0.4, -0.2) is 15.5 Å². The van der Waals surface area contributed by atoms with Gasteiger partial charge in [-0.3, -0.25) is 14.9 Å². The summed E-state index contributed by atoms with van der Waals surface area (Å²) in [6.07, 6.45) is 1.59. The maximum Gasteiger partial charge on any atom is 0.258 e. The molecule has 25 heavy (non-hydrogen) atoms. The van der Waals surface area contributed by atoms with Crippen molar-refractivity contribution in [3.05, 3.63) is 80.2 Å². The van der Waals surface area contributed by atoms with E-state index in [1.165, 1.54) is 17.4 Å². The lowest BCUT2D eigenvalue weighted by molar-refractivity contribution is 0.102. The maximum atomic E-state index is 12.5. The van der Waals surface area contributed by atoms with Gasteiger partial charge in [-0.1, -0.05) is 24.3 Å². The van der Waals surface area contributed by atoms with Gasteiger partial charge in [-0.2, -0.15) is 0 Å². The van der Waals surface area contributed by atoms with E-state index in [-0.39, 0.29) is 11.5 Å². The number of hydrogen-bond donors (Lipinski definition) is 1. The van der Waals surface area contributed by atoms with Gasteiger partial charge < -0.3 is 4.57 Å². The zero-order chi connectivity index (χ0) is 18.0. The van der Waals surface area contributed by atoms with Gasteiger partial charge in [0, 0.05) is 17.1 Å². The van der Waals surface area contributed by atoms with E-state index >= 15 is 0 Å². The number of anilines is 1. The quantitative estimate of drug-likeness (QED) is 0.780. The Labute approximate surface area is 150 Å². The predicted molar refractivity (Wildman–Crippen MR) is 101 cm³/mol. The first kappa shape index (κ1) is 17.1. The Kier molecular flexibility index (Phi) is 4.81. The molecule has 0 unspecified atom stereocenters. The number of benzene rings is 1. The molecule has 1 N–H and O–H groups in total. The van der Waals surface area contributed by atoms with Crippen molar-refractivity contribution < 1.29 is 4.79 Å². The number of hydrogen-bond acceptors (Lipinski definition) is 4. The second-order valence-electron chi connectivity index (χ2n) is 5.93. The summed E-state index contributed by atoms with van der Waals surface area (Å²) in [6.45, 7) is 6.31. The van der Waals surface area contributed by atoms with Gasteiger partial charge in [0.05, 0.1) is 17.8 Å². The van der Waals surface area contributed by atoms with Crippen LogP contribution < -0.4 is 10.9 Å². The molecule has 128 valence electrons. The lowest BCUT2D eigenvalue weighted by atomic mass is 10.1. The highest BCUT2D eigenvalue weighted by Gasteiger charge is 2.12. The van der Waals surface area contributed by atoms with Gasteiger partial charge in [-0.25, -0.2) is 4.98 Å². The minimum atomic E-state index is -0.271. The minimum absolute atomic E-state index is 0.138. The molecule has 0 saturated heterocycles. The molecule has 0 aliphatic heterocycles. The summed E-state index contributed by atoms with van der Waals surface area (Å²) >= 11 is 1.44. The highest BCUT2D eigenvalue weighted by Crippen LogP contribution is 2.21. The van der Waals surface area contributed by atoms with Crippen molar-refractivity contribution >= 4 is 22.4 Å². The number of pyridine rings is 1. The first-order chi connectivity index (χ1) is 11.9. The third-order valence-corrected chi connectivity index (χ3v) is 5.08. The van der Waals surface area contributed by atoms with Crippen LogP contribution in [-0.2, 0) is 6.54 Å². The van der Waals surface area contributed by atoms with E-state index in [0.29, 0.717) is 17.2 Å². The van der Waals surface area contributed by atoms with Crippen molar-refractivity contribution in [1.82, 2.24) is 9.55 Å². The van der Waals surface area contributed by atoms with Crippen molar-refractivity contribution in [3.63, 3.8) is 0 Å². The lowest BCUT2D eigenvalue weighted by Gasteiger charge is -2.10. The minimum Gasteiger partial charge on any atom is -0.310 e. The molecule has 5 nitrogen and oxygen atoms in total. The first-order valence-electron chi connectivity index (χ1n) is 7.94. The van der Waals surface area contributed by atoms with E-state index in [2.05, 4.69) is 10.3 Å². The fraction of sp³-hybridized carbons (Fsp3) is 0.211. The van der Waals surface area contributed by atoms with Crippen LogP contribution in [0.3, 0.4) is 0 Å². The van der Waals surface area contributed by atoms with Crippen molar-refractivity contribution in [2.75, 3.05) is 5.32 Å². The van der Waals surface area contributed by atoms with Crippen LogP contribution in [0.5, 0.6) is 0 Å². The maximum absolute atomic E-state index is 12.5. The molecule has 0 fully saturated rings. The Hall–Kier alpha value is -2.73. The number of carbonyl (C=O) groups is 1. The fourth-order valence-corrected chi connectivity index (χ4v) is 3.27. The SMILES string of the molecule is Cc1ccccc1Cn1cc(C(=O)Nc2nc(C)c(C)s2)ccc1=O. The molecule has 3 rings (SSSR count). The Morgan fingerprint density at radius 1 is 1.16 bits per heavy atom. The molecule has 1 aromatic carbocycles. The normalized spacial score (nSPS) is 10.7. The summed E-state index contributed by atoms with van der Waals surface area (Å²) in [7, 11) is 0. The average Bonchev–Trinajstić information content (AvgIpc) is 2.89. The molecule has 0 radical (unpaired) electrons. The van der Waals surface area contributed by atoms with Gasteiger partial charge >= 0.3 is 0 Å². The van der Waals surface area contributed by atoms with E-state index in [9.17, 15) is 9.59 Å². The summed E-state index contributed by atoms with van der Waals surface area (Å²) in [4.78, 5) is 30.0. The van der Waals surface area contributed by atoms with Crippen LogP contribution in [0.15, 0.2) is 47.4 Å². The summed E-state index contributed by atoms with van der Waals surface area (Å²) in [5, 5.41) is 3.36. The Morgan fingerprint density at radius 3 is 2.60 bits per heavy atom. The molecular formula is C19H19N3O2S. The molecule has 0 atom stereocenters. The number of aromatic nitrogens is 2. The van der Waals surface area contributed by atoms with E-state index < -0.39 is 0 Å². The Morgan fingerprint density at radius 2 is 1.92 bits per heavy atom. The topological polar surface area (TPSA) is 64.0 Å². The van der Waals surface area contributed by atoms with Gasteiger partial charge in [-0.15, -0.1) is 11.3 Å². The zero-order valence-electron chi connectivity index (χ0n) is 14.4. The van der Waals surface area contributed by atoms with Crippen LogP contribution >= 0.6 is 11.3 Å². The summed E-state index contributed by atoms with van der Waals surface area (Å²) < 4.78 is 1.55. The predicted octanol–water partition coefficient (Wildman–Crippen LogP) is 3.53. The molecular weight excluding hydrogens is 334 g/mol. The smallest absolute Gasteiger partial charge is 0.258 e. The second-order valence-corrected chi connectivity index (χ2v) is 7.13. The monoisotopic (exact) mass is 353 g/mol. The van der Waals surface area contributed by atoms with E-state index in [1.54, 1.807) is 16.8 Å². The largest absolute Gasteiger partial charge is 0.310 e. The third kappa shape index (κ3) is 3.85. The van der Waals surface area contributed by atoms with Gasteiger partial charge in [-0.05, 0) is 38.0 Å². The van der Waals surface area contributed by atoms with Crippen LogP contribution in [0.2, 0.25) is 0 Å². The summed E-state index contributed by atoms with van der Waals surface area (Å²) in [5.74, 6) is -0.271. The van der Waals surface area contributed by atoms with Crippen LogP contribution in [0.4, 0.5) is 5.13 Å². The average molecular weight is 353 g/mol. The number of nitrogens with zero attached hydrogens (tertiary/aromatic N) is 2. The molecule has 0 bridgehead atoms. The van der Waals surface area contributed by atoms with E-state index in [1.807, 2.05) is 45.0 Å². The summed E-state index contributed by atoms with van der Waals surface area (Å²) in [5.41, 5.74) is 3.36. The molecule has 6 heteroatoms. The van der Waals surface area contributed by atoms with E-state index in [4.69, 9.17) is 0 Å². The fourth-order valence-electron chi connectivity index (χ4n) is 2.46. The molecule has 2 heterocycles. The van der Waals surface area contributed by atoms with Gasteiger partial charge in [0.1, 0.15) is 0 Å². The Balaban J connectivity index is 1.84. The van der Waals surface area contributed by atoms with Crippen LogP contribution in [0, 0.1) is 20.8 Å². The standard InChI is InChI=1S/C19H19N3O2S/c1-12-6-4-5-7-15(12)10-22-11-16(8-9-17(22)23)18(24)21-19-20-13(2)14(3)25-19/h4-9,11H,10H2,1-3H3,(H,20,21,24). The highest BCUT2D eigenvalue weighted by atomic mass is 32.1. The molecule has 0 aliphatic carbocycles. The molecule has 3 aromatic rings. The van der Waals surface area contributed by atoms with E-state index in [0.717, 1.165) is 21.7 Å². The lowest BCUT2D eigenvalue weighted by Crippen LogP contribution is -2.22. The third-order valence-electron chi connectivity index (χ3n) is 4.10. The summed E-state index contributed by atoms with van der Waals surface area (Å²) in [6, 6.07) is 10.9. The van der Waals surface area contributed by atoms with Crippen LogP contribution in [0.1, 0.15) is 32.1 Å². The van der Waals surface area contributed by atoms with Crippen molar-refractivity contribution in [2.45, 2.75) is 27.3 Å². The van der Waals surface area contributed by atoms with Gasteiger partial charge in [0.25, 0.3) is 11.5 Å². The van der Waals surface area contributed by atoms with Gasteiger partial charge in [0.2, 0.25) is 0 Å². The number of aryl methyl sites for hydroxylation is 3. The molecule has 0 aliphatic rings. The molecule has 0 spiro atoms. The molecule has 0 saturated carbocycles. The first-order valence-corrected chi connectivity index (χ1v) is 8.76. The Bertz CT molecular complexity index is 969. The van der Waals surface area contributed by atoms with Crippen molar-refractivity contribution in [2.24, 2.45) is 0 Å². The van der Waals surface area contributed by atoms with Crippen LogP contribution in [0.25, 0.3) is 0 Å².